The number of aromatic nitrogens is 4. The molecule has 18 heavy (non-hydrogen) atoms. The van der Waals surface area contributed by atoms with Crippen molar-refractivity contribution in [3.8, 4) is 0 Å². The van der Waals surface area contributed by atoms with Gasteiger partial charge in [-0.3, -0.25) is 0 Å². The quantitative estimate of drug-likeness (QED) is 0.617. The zero-order chi connectivity index (χ0) is 13.0. The van der Waals surface area contributed by atoms with Crippen molar-refractivity contribution in [2.24, 2.45) is 0 Å². The van der Waals surface area contributed by atoms with Gasteiger partial charge in [0, 0.05) is 5.56 Å². The molecular formula is C10H11ClN4S3. The first kappa shape index (κ1) is 14.0. The Bertz CT molecular complexity index is 532. The number of nitrogens with zero attached hydrogens (tertiary/aromatic N) is 4. The lowest BCUT2D eigenvalue weighted by Crippen LogP contribution is -1.95. The van der Waals surface area contributed by atoms with Crippen LogP contribution >= 0.6 is 46.5 Å². The third-order valence-electron chi connectivity index (χ3n) is 2.10. The average molecular weight is 319 g/mol. The van der Waals surface area contributed by atoms with Crippen LogP contribution in [0.5, 0.6) is 0 Å². The number of hydrogen-bond acceptors (Lipinski definition) is 7. The molecule has 0 saturated carbocycles. The smallest absolute Gasteiger partial charge is 0.181 e. The Morgan fingerprint density at radius 1 is 1.28 bits per heavy atom. The summed E-state index contributed by atoms with van der Waals surface area (Å²) in [6, 6.07) is 0. The molecule has 2 aromatic rings. The van der Waals surface area contributed by atoms with Crippen LogP contribution in [0.2, 0.25) is 5.15 Å². The monoisotopic (exact) mass is 318 g/mol. The first-order chi connectivity index (χ1) is 8.74. The molecule has 0 saturated heterocycles. The van der Waals surface area contributed by atoms with Gasteiger partial charge in [0.15, 0.2) is 8.68 Å². The van der Waals surface area contributed by atoms with Gasteiger partial charge in [-0.25, -0.2) is 9.97 Å². The van der Waals surface area contributed by atoms with Crippen LogP contribution in [0, 0.1) is 0 Å². The summed E-state index contributed by atoms with van der Waals surface area (Å²) in [5, 5.41) is 9.59. The Balaban J connectivity index is 2.25. The molecule has 0 aliphatic heterocycles. The van der Waals surface area contributed by atoms with Crippen LogP contribution in [0.4, 0.5) is 0 Å². The molecule has 0 aliphatic carbocycles. The van der Waals surface area contributed by atoms with E-state index in [0.717, 1.165) is 32.1 Å². The molecule has 0 spiro atoms. The molecule has 0 amide bonds. The summed E-state index contributed by atoms with van der Waals surface area (Å²) in [4.78, 5) is 8.31. The molecule has 0 N–H and O–H groups in total. The van der Waals surface area contributed by atoms with Gasteiger partial charge in [-0.2, -0.15) is 0 Å². The maximum atomic E-state index is 6.11. The molecule has 8 heteroatoms. The third kappa shape index (κ3) is 3.34. The van der Waals surface area contributed by atoms with Crippen molar-refractivity contribution in [1.82, 2.24) is 20.2 Å². The van der Waals surface area contributed by atoms with Crippen molar-refractivity contribution in [3.05, 3.63) is 17.0 Å². The Hall–Kier alpha value is -0.370. The van der Waals surface area contributed by atoms with Gasteiger partial charge in [-0.1, -0.05) is 48.0 Å². The molecule has 0 aromatic carbocycles. The highest BCUT2D eigenvalue weighted by molar-refractivity contribution is 8.03. The van der Waals surface area contributed by atoms with Gasteiger partial charge in [0.1, 0.15) is 16.5 Å². The topological polar surface area (TPSA) is 51.6 Å². The van der Waals surface area contributed by atoms with Gasteiger partial charge >= 0.3 is 0 Å². The second-order valence-electron chi connectivity index (χ2n) is 3.34. The SMILES string of the molecule is CCCc1c(Cl)ncnc1Sc1nnc(SC)s1. The minimum Gasteiger partial charge on any atom is -0.229 e. The van der Waals surface area contributed by atoms with Gasteiger partial charge in [0.25, 0.3) is 0 Å². The summed E-state index contributed by atoms with van der Waals surface area (Å²) in [5.74, 6) is 0. The van der Waals surface area contributed by atoms with Crippen molar-refractivity contribution < 1.29 is 0 Å². The van der Waals surface area contributed by atoms with Crippen molar-refractivity contribution >= 4 is 46.5 Å². The van der Waals surface area contributed by atoms with Crippen molar-refractivity contribution in [3.63, 3.8) is 0 Å². The van der Waals surface area contributed by atoms with E-state index in [1.807, 2.05) is 6.26 Å². The van der Waals surface area contributed by atoms with Gasteiger partial charge < -0.3 is 0 Å². The van der Waals surface area contributed by atoms with Gasteiger partial charge in [-0.15, -0.1) is 10.2 Å². The minimum absolute atomic E-state index is 0.531. The molecule has 2 rings (SSSR count). The highest BCUT2D eigenvalue weighted by Gasteiger charge is 2.13. The largest absolute Gasteiger partial charge is 0.229 e. The summed E-state index contributed by atoms with van der Waals surface area (Å²) in [6.45, 7) is 2.11. The molecule has 0 unspecified atom stereocenters. The average Bonchev–Trinajstić information content (AvgIpc) is 2.81. The predicted octanol–water partition coefficient (Wildman–Crippen LogP) is 3.81. The first-order valence-electron chi connectivity index (χ1n) is 5.29. The number of hydrogen-bond donors (Lipinski definition) is 0. The highest BCUT2D eigenvalue weighted by atomic mass is 35.5. The van der Waals surface area contributed by atoms with E-state index in [2.05, 4.69) is 27.1 Å². The fourth-order valence-corrected chi connectivity index (χ4v) is 4.08. The molecule has 2 heterocycles. The second-order valence-corrected chi connectivity index (χ2v) is 6.96. The first-order valence-corrected chi connectivity index (χ1v) is 8.53. The lowest BCUT2D eigenvalue weighted by molar-refractivity contribution is 0.854. The summed E-state index contributed by atoms with van der Waals surface area (Å²) in [7, 11) is 0. The number of halogens is 1. The van der Waals surface area contributed by atoms with Gasteiger partial charge in [-0.05, 0) is 24.4 Å². The van der Waals surface area contributed by atoms with E-state index in [9.17, 15) is 0 Å². The van der Waals surface area contributed by atoms with Gasteiger partial charge in [0.2, 0.25) is 0 Å². The zero-order valence-corrected chi connectivity index (χ0v) is 13.1. The van der Waals surface area contributed by atoms with Gasteiger partial charge in [0.05, 0.1) is 0 Å². The predicted molar refractivity (Wildman–Crippen MR) is 76.9 cm³/mol. The molecule has 0 radical (unpaired) electrons. The van der Waals surface area contributed by atoms with E-state index in [1.165, 1.54) is 18.1 Å². The van der Waals surface area contributed by atoms with E-state index in [1.54, 1.807) is 23.1 Å². The molecule has 2 aromatic heterocycles. The van der Waals surface area contributed by atoms with E-state index < -0.39 is 0 Å². The number of rotatable bonds is 5. The van der Waals surface area contributed by atoms with Crippen LogP contribution in [-0.2, 0) is 6.42 Å². The van der Waals surface area contributed by atoms with E-state index in [-0.39, 0.29) is 0 Å². The van der Waals surface area contributed by atoms with Crippen molar-refractivity contribution in [2.45, 2.75) is 33.5 Å². The third-order valence-corrected chi connectivity index (χ3v) is 5.42. The maximum absolute atomic E-state index is 6.11. The van der Waals surface area contributed by atoms with Crippen molar-refractivity contribution in [2.75, 3.05) is 6.26 Å². The lowest BCUT2D eigenvalue weighted by Gasteiger charge is -2.06. The molecule has 96 valence electrons. The minimum atomic E-state index is 0.531. The highest BCUT2D eigenvalue weighted by Crippen LogP contribution is 2.35. The molecule has 0 aliphatic rings. The van der Waals surface area contributed by atoms with E-state index >= 15 is 0 Å². The van der Waals surface area contributed by atoms with Crippen LogP contribution in [0.25, 0.3) is 0 Å². The molecule has 4 nitrogen and oxygen atoms in total. The fourth-order valence-electron chi connectivity index (χ4n) is 1.33. The molecule has 0 bridgehead atoms. The van der Waals surface area contributed by atoms with Crippen molar-refractivity contribution in [1.29, 1.82) is 0 Å². The Morgan fingerprint density at radius 3 is 2.72 bits per heavy atom. The standard InChI is InChI=1S/C10H11ClN4S3/c1-3-4-6-7(11)12-5-13-8(6)17-10-15-14-9(16-2)18-10/h5H,3-4H2,1-2H3. The molecule has 0 atom stereocenters. The summed E-state index contributed by atoms with van der Waals surface area (Å²) < 4.78 is 1.83. The Morgan fingerprint density at radius 2 is 2.06 bits per heavy atom. The van der Waals surface area contributed by atoms with Crippen LogP contribution in [-0.4, -0.2) is 26.4 Å². The fraction of sp³-hybridized carbons (Fsp3) is 0.400. The van der Waals surface area contributed by atoms with Crippen LogP contribution in [0.15, 0.2) is 20.0 Å². The zero-order valence-electron chi connectivity index (χ0n) is 9.88. The lowest BCUT2D eigenvalue weighted by atomic mass is 10.2. The Labute approximate surface area is 123 Å². The molecular weight excluding hydrogens is 308 g/mol. The normalized spacial score (nSPS) is 10.8. The van der Waals surface area contributed by atoms with Crippen LogP contribution in [0.1, 0.15) is 18.9 Å². The summed E-state index contributed by atoms with van der Waals surface area (Å²) in [5.41, 5.74) is 0.993. The Kier molecular flexibility index (Phi) is 5.23. The van der Waals surface area contributed by atoms with Crippen LogP contribution in [0.3, 0.4) is 0 Å². The van der Waals surface area contributed by atoms with E-state index in [0.29, 0.717) is 5.15 Å². The second kappa shape index (κ2) is 6.70. The number of thioether (sulfide) groups is 1. The maximum Gasteiger partial charge on any atom is 0.181 e. The molecule has 0 fully saturated rings. The summed E-state index contributed by atoms with van der Waals surface area (Å²) >= 11 is 10.8. The van der Waals surface area contributed by atoms with E-state index in [4.69, 9.17) is 11.6 Å². The summed E-state index contributed by atoms with van der Waals surface area (Å²) in [6.07, 6.45) is 5.35. The van der Waals surface area contributed by atoms with Crippen LogP contribution < -0.4 is 0 Å².